The molecule has 2 N–H and O–H groups in total. The fourth-order valence-electron chi connectivity index (χ4n) is 2.77. The quantitative estimate of drug-likeness (QED) is 0.331. The smallest absolute Gasteiger partial charge is 0.271 e. The summed E-state index contributed by atoms with van der Waals surface area (Å²) in [4.78, 5) is 17.9. The summed E-state index contributed by atoms with van der Waals surface area (Å²) in [5, 5.41) is 4.84. The van der Waals surface area contributed by atoms with E-state index in [2.05, 4.69) is 21.1 Å². The van der Waals surface area contributed by atoms with E-state index in [0.717, 1.165) is 32.0 Å². The molecule has 0 radical (unpaired) electrons. The summed E-state index contributed by atoms with van der Waals surface area (Å²) in [6, 6.07) is 16.2. The van der Waals surface area contributed by atoms with E-state index in [-0.39, 0.29) is 15.4 Å². The Labute approximate surface area is 192 Å². The van der Waals surface area contributed by atoms with Gasteiger partial charge in [0.2, 0.25) is 5.91 Å². The summed E-state index contributed by atoms with van der Waals surface area (Å²) >= 11 is 4.01. The molecule has 0 bridgehead atoms. The van der Waals surface area contributed by atoms with Gasteiger partial charge in [0, 0.05) is 10.6 Å². The van der Waals surface area contributed by atoms with Gasteiger partial charge in [-0.3, -0.25) is 9.52 Å². The third-order valence-corrected chi connectivity index (χ3v) is 9.15. The fraction of sp³-hybridized carbons (Fsp3) is 0.143. The van der Waals surface area contributed by atoms with Gasteiger partial charge in [-0.2, -0.15) is 0 Å². The SMILES string of the molecule is Cc1ccc2nc(NC(=O)C(C)Sc3ccc(NS(=O)(=O)c4cccs4)cc3)sc2c1. The van der Waals surface area contributed by atoms with E-state index in [0.29, 0.717) is 10.8 Å². The first-order valence-corrected chi connectivity index (χ1v) is 13.4. The van der Waals surface area contributed by atoms with Crippen molar-refractivity contribution in [2.24, 2.45) is 0 Å². The molecule has 4 aromatic rings. The second-order valence-electron chi connectivity index (χ2n) is 6.80. The van der Waals surface area contributed by atoms with Crippen molar-refractivity contribution >= 4 is 71.4 Å². The van der Waals surface area contributed by atoms with Gasteiger partial charge in [-0.15, -0.1) is 23.1 Å². The van der Waals surface area contributed by atoms with Gasteiger partial charge in [0.25, 0.3) is 10.0 Å². The topological polar surface area (TPSA) is 88.2 Å². The van der Waals surface area contributed by atoms with Gasteiger partial charge in [-0.1, -0.05) is 23.5 Å². The first-order valence-electron chi connectivity index (χ1n) is 9.31. The number of carbonyl (C=O) groups excluding carboxylic acids is 1. The van der Waals surface area contributed by atoms with E-state index in [1.54, 1.807) is 41.8 Å². The lowest BCUT2D eigenvalue weighted by Gasteiger charge is -2.11. The second kappa shape index (κ2) is 8.99. The van der Waals surface area contributed by atoms with Crippen molar-refractivity contribution in [3.8, 4) is 0 Å². The summed E-state index contributed by atoms with van der Waals surface area (Å²) in [5.74, 6) is -0.136. The first kappa shape index (κ1) is 21.8. The number of fused-ring (bicyclic) bond motifs is 1. The standard InChI is InChI=1S/C21H19N3O3S4/c1-13-5-10-17-18(12-13)30-21(22-17)23-20(25)14(2)29-16-8-6-15(7-9-16)24-31(26,27)19-4-3-11-28-19/h3-12,14,24H,1-2H3,(H,22,23,25). The van der Waals surface area contributed by atoms with Crippen LogP contribution in [0, 0.1) is 6.92 Å². The van der Waals surface area contributed by atoms with Crippen LogP contribution in [0.4, 0.5) is 10.8 Å². The number of nitrogens with zero attached hydrogens (tertiary/aromatic N) is 1. The molecule has 4 rings (SSSR count). The Balaban J connectivity index is 1.37. The van der Waals surface area contributed by atoms with Gasteiger partial charge in [0.1, 0.15) is 4.21 Å². The predicted molar refractivity (Wildman–Crippen MR) is 130 cm³/mol. The number of nitrogens with one attached hydrogen (secondary N) is 2. The molecule has 0 aliphatic rings. The van der Waals surface area contributed by atoms with Crippen LogP contribution in [-0.2, 0) is 14.8 Å². The monoisotopic (exact) mass is 489 g/mol. The number of aromatic nitrogens is 1. The number of rotatable bonds is 7. The third kappa shape index (κ3) is 5.27. The largest absolute Gasteiger partial charge is 0.301 e. The maximum absolute atomic E-state index is 12.6. The maximum Gasteiger partial charge on any atom is 0.271 e. The molecule has 0 saturated carbocycles. The Kier molecular flexibility index (Phi) is 6.33. The number of benzene rings is 2. The van der Waals surface area contributed by atoms with Crippen molar-refractivity contribution in [3.05, 3.63) is 65.5 Å². The van der Waals surface area contributed by atoms with Crippen LogP contribution in [0.1, 0.15) is 12.5 Å². The van der Waals surface area contributed by atoms with E-state index < -0.39 is 10.0 Å². The Morgan fingerprint density at radius 1 is 1.13 bits per heavy atom. The summed E-state index contributed by atoms with van der Waals surface area (Å²) in [5.41, 5.74) is 2.49. The number of hydrogen-bond acceptors (Lipinski definition) is 7. The Morgan fingerprint density at radius 3 is 2.61 bits per heavy atom. The highest BCUT2D eigenvalue weighted by molar-refractivity contribution is 8.00. The van der Waals surface area contributed by atoms with E-state index in [4.69, 9.17) is 0 Å². The van der Waals surface area contributed by atoms with Crippen molar-refractivity contribution in [2.75, 3.05) is 10.0 Å². The van der Waals surface area contributed by atoms with Crippen LogP contribution in [0.2, 0.25) is 0 Å². The molecule has 0 fully saturated rings. The van der Waals surface area contributed by atoms with Crippen LogP contribution in [0.25, 0.3) is 10.2 Å². The number of sulfonamides is 1. The number of carbonyl (C=O) groups is 1. The summed E-state index contributed by atoms with van der Waals surface area (Å²) < 4.78 is 28.5. The number of thioether (sulfide) groups is 1. The van der Waals surface area contributed by atoms with Gasteiger partial charge < -0.3 is 5.32 Å². The number of amides is 1. The number of hydrogen-bond donors (Lipinski definition) is 2. The molecule has 2 aromatic heterocycles. The van der Waals surface area contributed by atoms with Crippen molar-refractivity contribution in [1.82, 2.24) is 4.98 Å². The molecule has 2 heterocycles. The summed E-state index contributed by atoms with van der Waals surface area (Å²) in [7, 11) is -3.58. The lowest BCUT2D eigenvalue weighted by molar-refractivity contribution is -0.115. The maximum atomic E-state index is 12.6. The molecule has 10 heteroatoms. The van der Waals surface area contributed by atoms with Gasteiger partial charge in [-0.25, -0.2) is 13.4 Å². The van der Waals surface area contributed by atoms with Crippen molar-refractivity contribution in [2.45, 2.75) is 28.2 Å². The summed E-state index contributed by atoms with van der Waals surface area (Å²) in [6.45, 7) is 3.85. The Bertz CT molecular complexity index is 1310. The molecule has 0 aliphatic carbocycles. The summed E-state index contributed by atoms with van der Waals surface area (Å²) in [6.07, 6.45) is 0. The van der Waals surface area contributed by atoms with Crippen LogP contribution in [0.3, 0.4) is 0 Å². The molecule has 160 valence electrons. The van der Waals surface area contributed by atoms with Gasteiger partial charge in [0.15, 0.2) is 5.13 Å². The predicted octanol–water partition coefficient (Wildman–Crippen LogP) is 5.59. The highest BCUT2D eigenvalue weighted by atomic mass is 32.2. The molecular weight excluding hydrogens is 471 g/mol. The number of anilines is 2. The average molecular weight is 490 g/mol. The number of aryl methyl sites for hydroxylation is 1. The minimum atomic E-state index is -3.58. The van der Waals surface area contributed by atoms with Crippen LogP contribution in [-0.4, -0.2) is 24.6 Å². The molecular formula is C21H19N3O3S4. The molecule has 0 saturated heterocycles. The van der Waals surface area contributed by atoms with E-state index >= 15 is 0 Å². The van der Waals surface area contributed by atoms with Crippen molar-refractivity contribution in [1.29, 1.82) is 0 Å². The molecule has 1 atom stereocenters. The van der Waals surface area contributed by atoms with E-state index in [1.807, 2.05) is 26.0 Å². The lowest BCUT2D eigenvalue weighted by Crippen LogP contribution is -2.22. The van der Waals surface area contributed by atoms with E-state index in [1.165, 1.54) is 23.1 Å². The van der Waals surface area contributed by atoms with Crippen LogP contribution in [0.15, 0.2) is 69.1 Å². The van der Waals surface area contributed by atoms with Crippen molar-refractivity contribution in [3.63, 3.8) is 0 Å². The molecule has 0 spiro atoms. The van der Waals surface area contributed by atoms with E-state index in [9.17, 15) is 13.2 Å². The minimum Gasteiger partial charge on any atom is -0.301 e. The van der Waals surface area contributed by atoms with Gasteiger partial charge in [0.05, 0.1) is 15.5 Å². The number of thiophene rings is 1. The zero-order valence-corrected chi connectivity index (χ0v) is 19.9. The van der Waals surface area contributed by atoms with Gasteiger partial charge in [-0.05, 0) is 67.3 Å². The molecule has 1 unspecified atom stereocenters. The zero-order valence-electron chi connectivity index (χ0n) is 16.7. The van der Waals surface area contributed by atoms with Crippen molar-refractivity contribution < 1.29 is 13.2 Å². The molecule has 1 amide bonds. The molecule has 0 aliphatic heterocycles. The Hall–Kier alpha value is -2.40. The lowest BCUT2D eigenvalue weighted by atomic mass is 10.2. The Morgan fingerprint density at radius 2 is 1.90 bits per heavy atom. The van der Waals surface area contributed by atoms with Gasteiger partial charge >= 0.3 is 0 Å². The average Bonchev–Trinajstić information content (AvgIpc) is 3.39. The first-order chi connectivity index (χ1) is 14.8. The van der Waals surface area contributed by atoms with Crippen LogP contribution < -0.4 is 10.0 Å². The molecule has 6 nitrogen and oxygen atoms in total. The van der Waals surface area contributed by atoms with Crippen LogP contribution in [0.5, 0.6) is 0 Å². The zero-order chi connectivity index (χ0) is 22.0. The normalized spacial score (nSPS) is 12.6. The highest BCUT2D eigenvalue weighted by Gasteiger charge is 2.18. The minimum absolute atomic E-state index is 0.136. The highest BCUT2D eigenvalue weighted by Crippen LogP contribution is 2.29. The third-order valence-electron chi connectivity index (χ3n) is 4.32. The van der Waals surface area contributed by atoms with Crippen LogP contribution >= 0.6 is 34.4 Å². The second-order valence-corrected chi connectivity index (χ2v) is 12.1. The molecule has 31 heavy (non-hydrogen) atoms. The molecule has 2 aromatic carbocycles. The fourth-order valence-corrected chi connectivity index (χ4v) is 6.66. The number of thiazole rings is 1.